The Bertz CT molecular complexity index is 469. The first kappa shape index (κ1) is 22.8. The SMILES string of the molecule is CCCC[C@](C)(O)C/C=C/[C@H]1[C@H](O)CC(=O)[C@H]1CCCCCCC(=O)O. The number of unbranched alkanes of at least 4 members (excludes halogenated alkanes) is 4. The van der Waals surface area contributed by atoms with E-state index >= 15 is 0 Å². The number of aliphatic carboxylic acids is 1. The number of ketones is 1. The molecular weight excluding hydrogens is 332 g/mol. The lowest BCUT2D eigenvalue weighted by Crippen LogP contribution is -2.23. The summed E-state index contributed by atoms with van der Waals surface area (Å²) in [7, 11) is 0. The third-order valence-corrected chi connectivity index (χ3v) is 5.37. The molecule has 1 aliphatic carbocycles. The number of carbonyl (C=O) groups is 2. The minimum absolute atomic E-state index is 0.121. The van der Waals surface area contributed by atoms with Crippen molar-refractivity contribution < 1.29 is 24.9 Å². The van der Waals surface area contributed by atoms with Gasteiger partial charge in [0.15, 0.2) is 0 Å². The lowest BCUT2D eigenvalue weighted by Gasteiger charge is -2.22. The first-order valence-electron chi connectivity index (χ1n) is 10.1. The van der Waals surface area contributed by atoms with Crippen LogP contribution in [0.4, 0.5) is 0 Å². The molecule has 0 heterocycles. The van der Waals surface area contributed by atoms with Crippen molar-refractivity contribution in [2.24, 2.45) is 11.8 Å². The number of aliphatic hydroxyl groups excluding tert-OH is 1. The molecule has 150 valence electrons. The molecule has 5 heteroatoms. The molecule has 0 aromatic rings. The Kier molecular flexibility index (Phi) is 10.1. The van der Waals surface area contributed by atoms with Gasteiger partial charge < -0.3 is 15.3 Å². The Morgan fingerprint density at radius 3 is 2.58 bits per heavy atom. The van der Waals surface area contributed by atoms with Crippen LogP contribution in [0, 0.1) is 11.8 Å². The Balaban J connectivity index is 2.44. The second kappa shape index (κ2) is 11.5. The van der Waals surface area contributed by atoms with Crippen LogP contribution in [-0.2, 0) is 9.59 Å². The molecule has 3 N–H and O–H groups in total. The molecule has 1 aliphatic rings. The molecule has 4 atom stereocenters. The normalized spacial score (nSPS) is 25.7. The lowest BCUT2D eigenvalue weighted by atomic mass is 9.87. The van der Waals surface area contributed by atoms with Gasteiger partial charge in [0, 0.05) is 24.7 Å². The summed E-state index contributed by atoms with van der Waals surface area (Å²) < 4.78 is 0. The van der Waals surface area contributed by atoms with Crippen LogP contribution in [0.3, 0.4) is 0 Å². The summed E-state index contributed by atoms with van der Waals surface area (Å²) in [5.41, 5.74) is -0.736. The van der Waals surface area contributed by atoms with Gasteiger partial charge in [0.2, 0.25) is 0 Å². The van der Waals surface area contributed by atoms with E-state index in [9.17, 15) is 19.8 Å². The Hall–Kier alpha value is -1.20. The van der Waals surface area contributed by atoms with Gasteiger partial charge in [-0.2, -0.15) is 0 Å². The highest BCUT2D eigenvalue weighted by molar-refractivity contribution is 5.84. The second-order valence-electron chi connectivity index (χ2n) is 8.00. The maximum absolute atomic E-state index is 12.2. The predicted molar refractivity (Wildman–Crippen MR) is 102 cm³/mol. The molecule has 0 radical (unpaired) electrons. The van der Waals surface area contributed by atoms with Crippen LogP contribution >= 0.6 is 0 Å². The van der Waals surface area contributed by atoms with Crippen LogP contribution in [-0.4, -0.2) is 38.8 Å². The van der Waals surface area contributed by atoms with Crippen LogP contribution in [0.5, 0.6) is 0 Å². The van der Waals surface area contributed by atoms with Crippen LogP contribution in [0.15, 0.2) is 12.2 Å². The summed E-state index contributed by atoms with van der Waals surface area (Å²) in [6.45, 7) is 3.93. The maximum Gasteiger partial charge on any atom is 0.303 e. The van der Waals surface area contributed by atoms with Crippen molar-refractivity contribution in [3.05, 3.63) is 12.2 Å². The minimum Gasteiger partial charge on any atom is -0.481 e. The van der Waals surface area contributed by atoms with E-state index in [-0.39, 0.29) is 30.5 Å². The van der Waals surface area contributed by atoms with Crippen molar-refractivity contribution in [3.8, 4) is 0 Å². The molecule has 1 fully saturated rings. The molecule has 0 spiro atoms. The fourth-order valence-electron chi connectivity index (χ4n) is 3.72. The standard InChI is InChI=1S/C21H36O5/c1-3-4-13-21(2,26)14-9-11-17-16(18(22)15-19(17)23)10-7-5-6-8-12-20(24)25/h9,11,16-17,19,23,26H,3-8,10,12-15H2,1-2H3,(H,24,25)/b11-9+/t16-,17+,19+,21-/m0/s1. The fraction of sp³-hybridized carbons (Fsp3) is 0.810. The van der Waals surface area contributed by atoms with Crippen molar-refractivity contribution >= 4 is 11.8 Å². The zero-order valence-electron chi connectivity index (χ0n) is 16.3. The van der Waals surface area contributed by atoms with E-state index in [0.717, 1.165) is 44.9 Å². The molecule has 1 saturated carbocycles. The molecule has 0 aromatic heterocycles. The van der Waals surface area contributed by atoms with Crippen molar-refractivity contribution in [1.82, 2.24) is 0 Å². The van der Waals surface area contributed by atoms with E-state index in [1.165, 1.54) is 0 Å². The van der Waals surface area contributed by atoms with Gasteiger partial charge >= 0.3 is 5.97 Å². The Labute approximate surface area is 157 Å². The van der Waals surface area contributed by atoms with E-state index < -0.39 is 17.7 Å². The van der Waals surface area contributed by atoms with Crippen molar-refractivity contribution in [1.29, 1.82) is 0 Å². The number of rotatable bonds is 13. The molecule has 0 bridgehead atoms. The highest BCUT2D eigenvalue weighted by atomic mass is 16.4. The maximum atomic E-state index is 12.2. The predicted octanol–water partition coefficient (Wildman–Crippen LogP) is 3.87. The zero-order valence-corrected chi connectivity index (χ0v) is 16.3. The van der Waals surface area contributed by atoms with Gasteiger partial charge in [-0.25, -0.2) is 0 Å². The lowest BCUT2D eigenvalue weighted by molar-refractivity contribution is -0.137. The molecule has 0 unspecified atom stereocenters. The third-order valence-electron chi connectivity index (χ3n) is 5.37. The van der Waals surface area contributed by atoms with E-state index in [4.69, 9.17) is 5.11 Å². The van der Waals surface area contributed by atoms with Crippen LogP contribution in [0.25, 0.3) is 0 Å². The molecule has 1 rings (SSSR count). The Morgan fingerprint density at radius 2 is 1.92 bits per heavy atom. The molecule has 5 nitrogen and oxygen atoms in total. The average Bonchev–Trinajstić information content (AvgIpc) is 2.82. The number of carbonyl (C=O) groups excluding carboxylic acids is 1. The summed E-state index contributed by atoms with van der Waals surface area (Å²) in [4.78, 5) is 22.7. The largest absolute Gasteiger partial charge is 0.481 e. The number of aliphatic hydroxyl groups is 2. The summed E-state index contributed by atoms with van der Waals surface area (Å²) in [6, 6.07) is 0. The quantitative estimate of drug-likeness (QED) is 0.339. The van der Waals surface area contributed by atoms with Crippen molar-refractivity contribution in [2.45, 2.75) is 96.2 Å². The third kappa shape index (κ3) is 8.45. The number of hydrogen-bond acceptors (Lipinski definition) is 4. The van der Waals surface area contributed by atoms with Crippen LogP contribution in [0.1, 0.15) is 84.5 Å². The monoisotopic (exact) mass is 368 g/mol. The first-order chi connectivity index (χ1) is 12.3. The Morgan fingerprint density at radius 1 is 1.23 bits per heavy atom. The molecule has 0 saturated heterocycles. The van der Waals surface area contributed by atoms with E-state index in [0.29, 0.717) is 12.8 Å². The van der Waals surface area contributed by atoms with Gasteiger partial charge in [-0.1, -0.05) is 51.2 Å². The topological polar surface area (TPSA) is 94.8 Å². The van der Waals surface area contributed by atoms with Crippen molar-refractivity contribution in [2.75, 3.05) is 0 Å². The number of hydrogen-bond donors (Lipinski definition) is 3. The highest BCUT2D eigenvalue weighted by Gasteiger charge is 2.39. The van der Waals surface area contributed by atoms with Gasteiger partial charge in [0.1, 0.15) is 5.78 Å². The van der Waals surface area contributed by atoms with E-state index in [1.807, 2.05) is 19.1 Å². The molecule has 26 heavy (non-hydrogen) atoms. The number of carboxylic acid groups (broad SMARTS) is 1. The van der Waals surface area contributed by atoms with Crippen LogP contribution in [0.2, 0.25) is 0 Å². The van der Waals surface area contributed by atoms with Gasteiger partial charge in [0.25, 0.3) is 0 Å². The van der Waals surface area contributed by atoms with Gasteiger partial charge in [-0.3, -0.25) is 9.59 Å². The zero-order chi connectivity index (χ0) is 19.6. The minimum atomic E-state index is -0.765. The molecule has 0 amide bonds. The number of Topliss-reactive ketones (excluding diaryl/α,β-unsaturated/α-hetero) is 1. The van der Waals surface area contributed by atoms with Crippen molar-refractivity contribution in [3.63, 3.8) is 0 Å². The summed E-state index contributed by atoms with van der Waals surface area (Å²) >= 11 is 0. The first-order valence-corrected chi connectivity index (χ1v) is 10.1. The second-order valence-corrected chi connectivity index (χ2v) is 8.00. The summed E-state index contributed by atoms with van der Waals surface area (Å²) in [5, 5.41) is 29.2. The number of carboxylic acids is 1. The smallest absolute Gasteiger partial charge is 0.303 e. The van der Waals surface area contributed by atoms with Gasteiger partial charge in [-0.15, -0.1) is 0 Å². The highest BCUT2D eigenvalue weighted by Crippen LogP contribution is 2.34. The fourth-order valence-corrected chi connectivity index (χ4v) is 3.72. The van der Waals surface area contributed by atoms with E-state index in [1.54, 1.807) is 0 Å². The van der Waals surface area contributed by atoms with E-state index in [2.05, 4.69) is 6.92 Å². The molecule has 0 aromatic carbocycles. The molecular formula is C21H36O5. The summed E-state index contributed by atoms with van der Waals surface area (Å²) in [6.07, 6.45) is 11.0. The van der Waals surface area contributed by atoms with Gasteiger partial charge in [-0.05, 0) is 32.6 Å². The average molecular weight is 369 g/mol. The molecule has 0 aliphatic heterocycles. The van der Waals surface area contributed by atoms with Crippen LogP contribution < -0.4 is 0 Å². The van der Waals surface area contributed by atoms with Gasteiger partial charge in [0.05, 0.1) is 11.7 Å². The summed E-state index contributed by atoms with van der Waals surface area (Å²) in [5.74, 6) is -0.959.